The second-order valence-electron chi connectivity index (χ2n) is 7.87. The second kappa shape index (κ2) is 10.6. The molecule has 3 heterocycles. The van der Waals surface area contributed by atoms with Crippen molar-refractivity contribution in [3.05, 3.63) is 60.0 Å². The summed E-state index contributed by atoms with van der Waals surface area (Å²) in [6.45, 7) is 0.120. The van der Waals surface area contributed by atoms with E-state index < -0.39 is 18.0 Å². The summed E-state index contributed by atoms with van der Waals surface area (Å²) >= 11 is 1.66. The minimum Gasteiger partial charge on any atom is -0.497 e. The lowest BCUT2D eigenvalue weighted by Gasteiger charge is -2.18. The zero-order chi connectivity index (χ0) is 24.1. The molecule has 1 aromatic carbocycles. The van der Waals surface area contributed by atoms with Crippen LogP contribution in [-0.2, 0) is 16.1 Å². The fraction of sp³-hybridized carbons (Fsp3) is 0.348. The van der Waals surface area contributed by atoms with Crippen LogP contribution in [0.15, 0.2) is 48.7 Å². The van der Waals surface area contributed by atoms with Crippen molar-refractivity contribution in [2.45, 2.75) is 31.5 Å². The van der Waals surface area contributed by atoms with Crippen LogP contribution in [0.25, 0.3) is 5.65 Å². The fourth-order valence-corrected chi connectivity index (χ4v) is 4.29. The number of nitrogens with zero attached hydrogens (tertiary/aromatic N) is 4. The van der Waals surface area contributed by atoms with Crippen molar-refractivity contribution in [3.63, 3.8) is 0 Å². The van der Waals surface area contributed by atoms with Gasteiger partial charge in [-0.2, -0.15) is 11.8 Å². The van der Waals surface area contributed by atoms with Crippen molar-refractivity contribution in [1.82, 2.24) is 30.1 Å². The highest BCUT2D eigenvalue weighted by atomic mass is 32.2. The van der Waals surface area contributed by atoms with Gasteiger partial charge in [0.2, 0.25) is 5.91 Å². The third kappa shape index (κ3) is 5.14. The molecule has 11 heteroatoms. The predicted octanol–water partition coefficient (Wildman–Crippen LogP) is 2.16. The molecule has 1 saturated heterocycles. The van der Waals surface area contributed by atoms with Crippen molar-refractivity contribution >= 4 is 35.3 Å². The largest absolute Gasteiger partial charge is 0.497 e. The van der Waals surface area contributed by atoms with Gasteiger partial charge in [-0.1, -0.05) is 18.2 Å². The van der Waals surface area contributed by atoms with Crippen LogP contribution in [-0.4, -0.2) is 62.5 Å². The molecular weight excluding hydrogens is 456 g/mol. The lowest BCUT2D eigenvalue weighted by molar-refractivity contribution is -0.131. The van der Waals surface area contributed by atoms with Gasteiger partial charge in [-0.3, -0.25) is 18.9 Å². The van der Waals surface area contributed by atoms with Crippen molar-refractivity contribution in [3.8, 4) is 5.75 Å². The number of rotatable bonds is 10. The van der Waals surface area contributed by atoms with E-state index in [1.165, 1.54) is 0 Å². The van der Waals surface area contributed by atoms with Gasteiger partial charge < -0.3 is 15.4 Å². The molecule has 10 nitrogen and oxygen atoms in total. The molecule has 0 spiro atoms. The van der Waals surface area contributed by atoms with Gasteiger partial charge in [-0.25, -0.2) is 4.79 Å². The molecule has 0 radical (unpaired) electrons. The number of carbonyl (C=O) groups is 3. The monoisotopic (exact) mass is 482 g/mol. The molecule has 1 fully saturated rings. The molecule has 4 rings (SSSR count). The highest BCUT2D eigenvalue weighted by Crippen LogP contribution is 2.20. The Labute approximate surface area is 201 Å². The molecule has 34 heavy (non-hydrogen) atoms. The summed E-state index contributed by atoms with van der Waals surface area (Å²) in [6.07, 6.45) is 4.33. The molecule has 0 saturated carbocycles. The van der Waals surface area contributed by atoms with Gasteiger partial charge in [-0.05, 0) is 48.3 Å². The highest BCUT2D eigenvalue weighted by Gasteiger charge is 2.39. The number of carbonyl (C=O) groups excluding carboxylic acids is 3. The normalized spacial score (nSPS) is 16.5. The van der Waals surface area contributed by atoms with Gasteiger partial charge in [0.1, 0.15) is 11.8 Å². The van der Waals surface area contributed by atoms with E-state index in [2.05, 4.69) is 20.8 Å². The zero-order valence-electron chi connectivity index (χ0n) is 18.9. The number of nitrogens with one attached hydrogen (secondary N) is 2. The number of imide groups is 1. The van der Waals surface area contributed by atoms with Gasteiger partial charge in [0, 0.05) is 6.20 Å². The first-order chi connectivity index (χ1) is 16.5. The van der Waals surface area contributed by atoms with Crippen LogP contribution in [0.1, 0.15) is 30.3 Å². The number of thioether (sulfide) groups is 1. The first kappa shape index (κ1) is 23.6. The number of urea groups is 1. The van der Waals surface area contributed by atoms with E-state index in [1.54, 1.807) is 43.1 Å². The van der Waals surface area contributed by atoms with Gasteiger partial charge in [-0.15, -0.1) is 10.2 Å². The van der Waals surface area contributed by atoms with E-state index >= 15 is 0 Å². The van der Waals surface area contributed by atoms with Crippen LogP contribution in [0, 0.1) is 0 Å². The van der Waals surface area contributed by atoms with E-state index in [-0.39, 0.29) is 24.9 Å². The molecule has 0 bridgehead atoms. The molecule has 178 valence electrons. The Morgan fingerprint density at radius 3 is 2.74 bits per heavy atom. The number of fused-ring (bicyclic) bond motifs is 1. The summed E-state index contributed by atoms with van der Waals surface area (Å²) in [4.78, 5) is 39.3. The maximum Gasteiger partial charge on any atom is 0.325 e. The average Bonchev–Trinajstić information content (AvgIpc) is 3.39. The Kier molecular flexibility index (Phi) is 7.31. The zero-order valence-corrected chi connectivity index (χ0v) is 19.7. The lowest BCUT2D eigenvalue weighted by atomic mass is 10.1. The number of methoxy groups -OCH3 is 1. The molecule has 1 aliphatic rings. The van der Waals surface area contributed by atoms with E-state index in [9.17, 15) is 14.4 Å². The van der Waals surface area contributed by atoms with Crippen LogP contribution in [0.5, 0.6) is 5.75 Å². The Bertz CT molecular complexity index is 1180. The standard InChI is InChI=1S/C23H26N6O4S/c1-33-16-8-6-15(7-9-16)14-29-22(31)18(25-23(29)32)13-20(30)24-17(10-12-34-2)21-27-26-19-5-3-4-11-28(19)21/h3-9,11,17-18H,10,12-14H2,1-2H3,(H,24,30)(H,25,32)/t17-,18-/m1/s1. The molecule has 2 N–H and O–H groups in total. The van der Waals surface area contributed by atoms with E-state index in [4.69, 9.17) is 4.74 Å². The number of hydrogen-bond acceptors (Lipinski definition) is 7. The highest BCUT2D eigenvalue weighted by molar-refractivity contribution is 7.98. The summed E-state index contributed by atoms with van der Waals surface area (Å²) in [7, 11) is 1.57. The SMILES string of the molecule is COc1ccc(CN2C(=O)N[C@H](CC(=O)N[C@H](CCSC)c3nnc4ccccn34)C2=O)cc1. The minimum atomic E-state index is -0.915. The quantitative estimate of drug-likeness (QED) is 0.425. The van der Waals surface area contributed by atoms with E-state index in [1.807, 2.05) is 35.1 Å². The molecule has 0 aliphatic carbocycles. The van der Waals surface area contributed by atoms with Crippen molar-refractivity contribution in [2.24, 2.45) is 0 Å². The number of ether oxygens (including phenoxy) is 1. The fourth-order valence-electron chi connectivity index (χ4n) is 3.82. The number of pyridine rings is 1. The number of amides is 4. The maximum absolute atomic E-state index is 12.9. The molecular formula is C23H26N6O4S. The number of aromatic nitrogens is 3. The topological polar surface area (TPSA) is 118 Å². The van der Waals surface area contributed by atoms with Crippen LogP contribution >= 0.6 is 11.8 Å². The van der Waals surface area contributed by atoms with Crippen LogP contribution < -0.4 is 15.4 Å². The Hall–Kier alpha value is -3.60. The van der Waals surface area contributed by atoms with Crippen LogP contribution in [0.2, 0.25) is 0 Å². The van der Waals surface area contributed by atoms with Crippen molar-refractivity contribution in [1.29, 1.82) is 0 Å². The van der Waals surface area contributed by atoms with Gasteiger partial charge in [0.15, 0.2) is 11.5 Å². The average molecular weight is 483 g/mol. The molecule has 3 aromatic rings. The second-order valence-corrected chi connectivity index (χ2v) is 8.85. The Balaban J connectivity index is 1.41. The maximum atomic E-state index is 12.9. The first-order valence-electron chi connectivity index (χ1n) is 10.8. The molecule has 0 unspecified atom stereocenters. The first-order valence-corrected chi connectivity index (χ1v) is 12.2. The third-order valence-electron chi connectivity index (χ3n) is 5.59. The smallest absolute Gasteiger partial charge is 0.325 e. The number of hydrogen-bond donors (Lipinski definition) is 2. The predicted molar refractivity (Wildman–Crippen MR) is 127 cm³/mol. The summed E-state index contributed by atoms with van der Waals surface area (Å²) < 4.78 is 6.97. The van der Waals surface area contributed by atoms with E-state index in [0.717, 1.165) is 16.2 Å². The lowest BCUT2D eigenvalue weighted by Crippen LogP contribution is -2.38. The Morgan fingerprint density at radius 1 is 1.21 bits per heavy atom. The van der Waals surface area contributed by atoms with E-state index in [0.29, 0.717) is 23.6 Å². The summed E-state index contributed by atoms with van der Waals surface area (Å²) in [5.41, 5.74) is 1.47. The summed E-state index contributed by atoms with van der Waals surface area (Å²) in [6, 6.07) is 10.9. The molecule has 2 atom stereocenters. The summed E-state index contributed by atoms with van der Waals surface area (Å²) in [5.74, 6) is 1.35. The molecule has 4 amide bonds. The van der Waals surface area contributed by atoms with Gasteiger partial charge in [0.25, 0.3) is 5.91 Å². The van der Waals surface area contributed by atoms with Crippen molar-refractivity contribution < 1.29 is 19.1 Å². The summed E-state index contributed by atoms with van der Waals surface area (Å²) in [5, 5.41) is 14.0. The Morgan fingerprint density at radius 2 is 2.00 bits per heavy atom. The van der Waals surface area contributed by atoms with Gasteiger partial charge >= 0.3 is 6.03 Å². The number of benzene rings is 1. The molecule has 1 aliphatic heterocycles. The van der Waals surface area contributed by atoms with Crippen LogP contribution in [0.4, 0.5) is 4.79 Å². The third-order valence-corrected chi connectivity index (χ3v) is 6.24. The van der Waals surface area contributed by atoms with Gasteiger partial charge in [0.05, 0.1) is 26.1 Å². The molecule has 2 aromatic heterocycles. The van der Waals surface area contributed by atoms with Crippen LogP contribution in [0.3, 0.4) is 0 Å². The minimum absolute atomic E-state index is 0.120. The van der Waals surface area contributed by atoms with Crippen molar-refractivity contribution in [2.75, 3.05) is 19.1 Å².